The summed E-state index contributed by atoms with van der Waals surface area (Å²) in [4.78, 5) is 17.4. The predicted molar refractivity (Wildman–Crippen MR) is 149 cm³/mol. The monoisotopic (exact) mass is 486 g/mol. The number of ether oxygens (including phenoxy) is 1. The molecule has 6 heteroatoms. The van der Waals surface area contributed by atoms with E-state index in [1.807, 2.05) is 36.4 Å². The molecule has 1 saturated heterocycles. The molecule has 4 rings (SSSR count). The quantitative estimate of drug-likeness (QED) is 0.374. The van der Waals surface area contributed by atoms with Gasteiger partial charge in [0.1, 0.15) is 5.75 Å². The summed E-state index contributed by atoms with van der Waals surface area (Å²) in [6, 6.07) is 24.6. The number of urea groups is 1. The van der Waals surface area contributed by atoms with E-state index in [1.165, 1.54) is 5.56 Å². The number of benzene rings is 3. The first kappa shape index (κ1) is 25.6. The van der Waals surface area contributed by atoms with E-state index < -0.39 is 0 Å². The van der Waals surface area contributed by atoms with Crippen LogP contribution in [-0.4, -0.2) is 57.3 Å². The zero-order valence-corrected chi connectivity index (χ0v) is 21.7. The highest BCUT2D eigenvalue weighted by molar-refractivity contribution is 5.94. The Hall–Kier alpha value is -3.51. The van der Waals surface area contributed by atoms with Crippen LogP contribution < -0.4 is 20.3 Å². The van der Waals surface area contributed by atoms with Gasteiger partial charge in [0.25, 0.3) is 0 Å². The molecular weight excluding hydrogens is 448 g/mol. The molecular formula is C30H38N4O2. The van der Waals surface area contributed by atoms with E-state index in [0.29, 0.717) is 12.5 Å². The number of hydrogen-bond donors (Lipinski definition) is 2. The molecule has 6 nitrogen and oxygen atoms in total. The second-order valence-electron chi connectivity index (χ2n) is 9.56. The zero-order valence-electron chi connectivity index (χ0n) is 21.7. The highest BCUT2D eigenvalue weighted by Gasteiger charge is 2.19. The van der Waals surface area contributed by atoms with Gasteiger partial charge < -0.3 is 20.3 Å². The fraction of sp³-hybridized carbons (Fsp3) is 0.367. The molecule has 1 heterocycles. The SMILES string of the molecule is COc1ccccc1N1CCN(CCCNC(=O)Nc2ccccc2-c2ccc(C(C)C)cc2)CC1. The number of hydrogen-bond acceptors (Lipinski definition) is 4. The summed E-state index contributed by atoms with van der Waals surface area (Å²) in [7, 11) is 1.72. The summed E-state index contributed by atoms with van der Waals surface area (Å²) in [5, 5.41) is 6.06. The Kier molecular flexibility index (Phi) is 8.85. The highest BCUT2D eigenvalue weighted by atomic mass is 16.5. The molecule has 0 spiro atoms. The van der Waals surface area contributed by atoms with Gasteiger partial charge in [0, 0.05) is 38.3 Å². The van der Waals surface area contributed by atoms with E-state index in [4.69, 9.17) is 4.74 Å². The minimum atomic E-state index is -0.165. The van der Waals surface area contributed by atoms with Crippen molar-refractivity contribution >= 4 is 17.4 Å². The first-order valence-corrected chi connectivity index (χ1v) is 12.9. The first-order valence-electron chi connectivity index (χ1n) is 12.9. The lowest BCUT2D eigenvalue weighted by molar-refractivity contribution is 0.244. The molecule has 0 unspecified atom stereocenters. The molecule has 36 heavy (non-hydrogen) atoms. The van der Waals surface area contributed by atoms with Crippen molar-refractivity contribution in [3.63, 3.8) is 0 Å². The number of anilines is 2. The van der Waals surface area contributed by atoms with Crippen LogP contribution in [0.2, 0.25) is 0 Å². The number of nitrogens with zero attached hydrogens (tertiary/aromatic N) is 2. The molecule has 1 aliphatic heterocycles. The van der Waals surface area contributed by atoms with Gasteiger partial charge in [-0.25, -0.2) is 4.79 Å². The van der Waals surface area contributed by atoms with E-state index in [-0.39, 0.29) is 6.03 Å². The van der Waals surface area contributed by atoms with Crippen molar-refractivity contribution in [2.75, 3.05) is 56.6 Å². The molecule has 0 radical (unpaired) electrons. The molecule has 2 N–H and O–H groups in total. The van der Waals surface area contributed by atoms with Crippen LogP contribution in [0.15, 0.2) is 72.8 Å². The maximum atomic E-state index is 12.6. The Morgan fingerprint density at radius 1 is 0.917 bits per heavy atom. The lowest BCUT2D eigenvalue weighted by atomic mass is 9.98. The van der Waals surface area contributed by atoms with Gasteiger partial charge in [0.2, 0.25) is 0 Å². The normalized spacial score (nSPS) is 14.1. The Balaban J connectivity index is 1.21. The number of methoxy groups -OCH3 is 1. The summed E-state index contributed by atoms with van der Waals surface area (Å²) in [6.45, 7) is 9.96. The third-order valence-corrected chi connectivity index (χ3v) is 6.80. The summed E-state index contributed by atoms with van der Waals surface area (Å²) < 4.78 is 5.51. The molecule has 3 aromatic carbocycles. The van der Waals surface area contributed by atoms with Crippen LogP contribution in [-0.2, 0) is 0 Å². The van der Waals surface area contributed by atoms with E-state index in [9.17, 15) is 4.79 Å². The van der Waals surface area contributed by atoms with Crippen LogP contribution in [0.4, 0.5) is 16.2 Å². The highest BCUT2D eigenvalue weighted by Crippen LogP contribution is 2.30. The Labute approximate surface area is 215 Å². The fourth-order valence-corrected chi connectivity index (χ4v) is 4.67. The predicted octanol–water partition coefficient (Wildman–Crippen LogP) is 5.82. The molecule has 1 fully saturated rings. The molecule has 2 amide bonds. The second kappa shape index (κ2) is 12.5. The minimum Gasteiger partial charge on any atom is -0.495 e. The van der Waals surface area contributed by atoms with Gasteiger partial charge in [-0.05, 0) is 48.2 Å². The van der Waals surface area contributed by atoms with Gasteiger partial charge in [-0.3, -0.25) is 4.90 Å². The van der Waals surface area contributed by atoms with E-state index in [2.05, 4.69) is 70.7 Å². The topological polar surface area (TPSA) is 56.8 Å². The van der Waals surface area contributed by atoms with E-state index >= 15 is 0 Å². The number of carbonyl (C=O) groups excluding carboxylic acids is 1. The molecule has 3 aromatic rings. The number of carbonyl (C=O) groups is 1. The average molecular weight is 487 g/mol. The Bertz CT molecular complexity index is 1120. The first-order chi connectivity index (χ1) is 17.5. The van der Waals surface area contributed by atoms with Crippen LogP contribution in [0.5, 0.6) is 5.75 Å². The zero-order chi connectivity index (χ0) is 25.3. The van der Waals surface area contributed by atoms with Crippen LogP contribution >= 0.6 is 0 Å². The summed E-state index contributed by atoms with van der Waals surface area (Å²) in [6.07, 6.45) is 0.917. The number of rotatable bonds is 9. The van der Waals surface area contributed by atoms with Crippen molar-refractivity contribution in [2.24, 2.45) is 0 Å². The van der Waals surface area contributed by atoms with Gasteiger partial charge in [-0.15, -0.1) is 0 Å². The maximum absolute atomic E-state index is 12.6. The lowest BCUT2D eigenvalue weighted by Crippen LogP contribution is -2.47. The van der Waals surface area contributed by atoms with Crippen LogP contribution in [0.1, 0.15) is 31.7 Å². The molecule has 0 bridgehead atoms. The standard InChI is InChI=1S/C30H38N4O2/c1-23(2)24-13-15-25(16-14-24)26-9-4-5-10-27(26)32-30(35)31-17-8-18-33-19-21-34(22-20-33)28-11-6-7-12-29(28)36-3/h4-7,9-16,23H,8,17-22H2,1-3H3,(H2,31,32,35). The summed E-state index contributed by atoms with van der Waals surface area (Å²) in [5.74, 6) is 1.42. The van der Waals surface area contributed by atoms with E-state index in [0.717, 1.165) is 67.4 Å². The van der Waals surface area contributed by atoms with Crippen LogP contribution in [0, 0.1) is 0 Å². The third-order valence-electron chi connectivity index (χ3n) is 6.80. The van der Waals surface area contributed by atoms with Crippen LogP contribution in [0.25, 0.3) is 11.1 Å². The molecule has 0 atom stereocenters. The molecule has 0 saturated carbocycles. The van der Waals surface area contributed by atoms with Gasteiger partial charge >= 0.3 is 6.03 Å². The molecule has 190 valence electrons. The van der Waals surface area contributed by atoms with Crippen molar-refractivity contribution < 1.29 is 9.53 Å². The number of piperazine rings is 1. The minimum absolute atomic E-state index is 0.165. The lowest BCUT2D eigenvalue weighted by Gasteiger charge is -2.36. The van der Waals surface area contributed by atoms with Gasteiger partial charge in [0.15, 0.2) is 0 Å². The van der Waals surface area contributed by atoms with Gasteiger partial charge in [-0.1, -0.05) is 68.4 Å². The van der Waals surface area contributed by atoms with Crippen molar-refractivity contribution in [1.29, 1.82) is 0 Å². The molecule has 0 aromatic heterocycles. The molecule has 1 aliphatic rings. The van der Waals surface area contributed by atoms with Gasteiger partial charge in [-0.2, -0.15) is 0 Å². The smallest absolute Gasteiger partial charge is 0.319 e. The van der Waals surface area contributed by atoms with Crippen molar-refractivity contribution in [1.82, 2.24) is 10.2 Å². The fourth-order valence-electron chi connectivity index (χ4n) is 4.67. The Morgan fingerprint density at radius 3 is 2.33 bits per heavy atom. The number of para-hydroxylation sites is 3. The number of nitrogens with one attached hydrogen (secondary N) is 2. The summed E-state index contributed by atoms with van der Waals surface area (Å²) in [5.41, 5.74) is 5.41. The third kappa shape index (κ3) is 6.58. The maximum Gasteiger partial charge on any atom is 0.319 e. The average Bonchev–Trinajstić information content (AvgIpc) is 2.92. The summed E-state index contributed by atoms with van der Waals surface area (Å²) >= 11 is 0. The number of amides is 2. The second-order valence-corrected chi connectivity index (χ2v) is 9.56. The Morgan fingerprint density at radius 2 is 1.61 bits per heavy atom. The van der Waals surface area contributed by atoms with Crippen molar-refractivity contribution in [2.45, 2.75) is 26.2 Å². The van der Waals surface area contributed by atoms with Crippen molar-refractivity contribution in [3.05, 3.63) is 78.4 Å². The van der Waals surface area contributed by atoms with Crippen LogP contribution in [0.3, 0.4) is 0 Å². The molecule has 0 aliphatic carbocycles. The van der Waals surface area contributed by atoms with E-state index in [1.54, 1.807) is 7.11 Å². The largest absolute Gasteiger partial charge is 0.495 e. The van der Waals surface area contributed by atoms with Gasteiger partial charge in [0.05, 0.1) is 18.5 Å². The van der Waals surface area contributed by atoms with Crippen molar-refractivity contribution in [3.8, 4) is 16.9 Å².